The van der Waals surface area contributed by atoms with Crippen LogP contribution in [0.4, 0.5) is 4.39 Å². The fourth-order valence-corrected chi connectivity index (χ4v) is 5.86. The predicted octanol–water partition coefficient (Wildman–Crippen LogP) is 6.54. The van der Waals surface area contributed by atoms with Crippen LogP contribution in [0.15, 0.2) is 77.5 Å². The Balaban J connectivity index is 1.62. The average molecular weight is 639 g/mol. The first kappa shape index (κ1) is 26.9. The molecule has 0 saturated carbocycles. The van der Waals surface area contributed by atoms with E-state index in [1.54, 1.807) is 25.1 Å². The molecule has 0 bridgehead atoms. The van der Waals surface area contributed by atoms with Crippen LogP contribution in [0.25, 0.3) is 5.70 Å². The molecule has 39 heavy (non-hydrogen) atoms. The number of carbonyl (C=O) groups excluding carboxylic acids is 2. The van der Waals surface area contributed by atoms with Crippen molar-refractivity contribution in [3.8, 4) is 11.5 Å². The molecule has 0 fully saturated rings. The van der Waals surface area contributed by atoms with E-state index < -0.39 is 11.9 Å². The molecule has 1 N–H and O–H groups in total. The molecule has 0 spiro atoms. The molecule has 1 aliphatic heterocycles. The fourth-order valence-electron chi connectivity index (χ4n) is 5.08. The minimum absolute atomic E-state index is 0.133. The molecule has 6 nitrogen and oxygen atoms in total. The van der Waals surface area contributed by atoms with Crippen molar-refractivity contribution >= 4 is 40.0 Å². The van der Waals surface area contributed by atoms with Crippen LogP contribution in [0, 0.1) is 9.39 Å². The SMILES string of the molecule is CCOC(=O)C1=C(C)NC2=C(C(=O)c3ccccc32)[C@H]1c1cc(I)c(OCc2cccc(F)c2)c(OCC)c1. The summed E-state index contributed by atoms with van der Waals surface area (Å²) in [6, 6.07) is 17.4. The maximum Gasteiger partial charge on any atom is 0.336 e. The first-order valence-corrected chi connectivity index (χ1v) is 13.8. The summed E-state index contributed by atoms with van der Waals surface area (Å²) < 4.78 is 31.9. The Morgan fingerprint density at radius 3 is 2.49 bits per heavy atom. The van der Waals surface area contributed by atoms with Crippen LogP contribution >= 0.6 is 22.6 Å². The Kier molecular flexibility index (Phi) is 7.74. The van der Waals surface area contributed by atoms with E-state index in [1.807, 2.05) is 44.2 Å². The van der Waals surface area contributed by atoms with Crippen molar-refractivity contribution in [3.05, 3.63) is 109 Å². The number of hydrogen-bond acceptors (Lipinski definition) is 6. The molecule has 1 atom stereocenters. The summed E-state index contributed by atoms with van der Waals surface area (Å²) in [5.74, 6) is -0.649. The van der Waals surface area contributed by atoms with Gasteiger partial charge in [-0.1, -0.05) is 36.4 Å². The number of ether oxygens (including phenoxy) is 3. The van der Waals surface area contributed by atoms with Gasteiger partial charge in [-0.25, -0.2) is 9.18 Å². The first-order valence-electron chi connectivity index (χ1n) is 12.7. The van der Waals surface area contributed by atoms with Gasteiger partial charge in [-0.05, 0) is 78.8 Å². The number of nitrogens with one attached hydrogen (secondary N) is 1. The number of allylic oxidation sites excluding steroid dienone is 2. The van der Waals surface area contributed by atoms with Gasteiger partial charge in [-0.3, -0.25) is 4.79 Å². The van der Waals surface area contributed by atoms with E-state index >= 15 is 0 Å². The van der Waals surface area contributed by atoms with Crippen molar-refractivity contribution in [1.82, 2.24) is 5.32 Å². The van der Waals surface area contributed by atoms with Crippen LogP contribution in [0.3, 0.4) is 0 Å². The monoisotopic (exact) mass is 639 g/mol. The van der Waals surface area contributed by atoms with E-state index in [4.69, 9.17) is 14.2 Å². The summed E-state index contributed by atoms with van der Waals surface area (Å²) >= 11 is 2.16. The van der Waals surface area contributed by atoms with Crippen LogP contribution in [0.1, 0.15) is 53.7 Å². The van der Waals surface area contributed by atoms with Gasteiger partial charge in [0.2, 0.25) is 0 Å². The number of carbonyl (C=O) groups is 2. The number of halogens is 2. The van der Waals surface area contributed by atoms with Gasteiger partial charge in [0.05, 0.1) is 28.1 Å². The van der Waals surface area contributed by atoms with Gasteiger partial charge < -0.3 is 19.5 Å². The van der Waals surface area contributed by atoms with Crippen molar-refractivity contribution in [1.29, 1.82) is 0 Å². The van der Waals surface area contributed by atoms with Crippen LogP contribution < -0.4 is 14.8 Å². The Labute approximate surface area is 240 Å². The number of Topliss-reactive ketones (excluding diaryl/α,β-unsaturated/α-hetero) is 1. The molecular weight excluding hydrogens is 612 g/mol. The molecule has 1 aliphatic carbocycles. The summed E-state index contributed by atoms with van der Waals surface area (Å²) in [5, 5.41) is 3.31. The number of fused-ring (bicyclic) bond motifs is 2. The quantitative estimate of drug-likeness (QED) is 0.223. The number of dihydropyridines is 1. The molecule has 200 valence electrons. The number of hydrogen-bond donors (Lipinski definition) is 1. The minimum Gasteiger partial charge on any atom is -0.490 e. The molecule has 2 aliphatic rings. The first-order chi connectivity index (χ1) is 18.8. The zero-order valence-electron chi connectivity index (χ0n) is 21.8. The van der Waals surface area contributed by atoms with Gasteiger partial charge in [-0.2, -0.15) is 0 Å². The lowest BCUT2D eigenvalue weighted by molar-refractivity contribution is -0.138. The average Bonchev–Trinajstić information content (AvgIpc) is 3.19. The standard InChI is InChI=1S/C31H27FINO5/c1-4-37-24-15-19(14-23(33)30(24)39-16-18-9-8-10-20(32)13-18)26-25(31(36)38-5-2)17(3)34-28-21-11-6-7-12-22(21)29(35)27(26)28/h6-15,26,34H,4-5,16H2,1-3H3/t26-/m0/s1. The molecule has 8 heteroatoms. The van der Waals surface area contributed by atoms with Gasteiger partial charge in [0.15, 0.2) is 17.3 Å². The normalized spacial score (nSPS) is 16.0. The predicted molar refractivity (Wildman–Crippen MR) is 154 cm³/mol. The molecule has 3 aromatic rings. The summed E-state index contributed by atoms with van der Waals surface area (Å²) in [5.41, 5.74) is 4.99. The molecule has 5 rings (SSSR count). The lowest BCUT2D eigenvalue weighted by atomic mass is 9.79. The highest BCUT2D eigenvalue weighted by Gasteiger charge is 2.43. The number of esters is 1. The lowest BCUT2D eigenvalue weighted by Crippen LogP contribution is -2.29. The molecule has 0 saturated heterocycles. The van der Waals surface area contributed by atoms with Gasteiger partial charge in [0.1, 0.15) is 12.4 Å². The van der Waals surface area contributed by atoms with E-state index in [0.29, 0.717) is 57.3 Å². The lowest BCUT2D eigenvalue weighted by Gasteiger charge is -2.30. The van der Waals surface area contributed by atoms with E-state index in [2.05, 4.69) is 27.9 Å². The molecule has 0 unspecified atom stereocenters. The zero-order valence-corrected chi connectivity index (χ0v) is 23.9. The molecule has 1 heterocycles. The van der Waals surface area contributed by atoms with Gasteiger partial charge in [-0.15, -0.1) is 0 Å². The summed E-state index contributed by atoms with van der Waals surface area (Å²) in [4.78, 5) is 27.0. The maximum absolute atomic E-state index is 13.7. The number of ketones is 1. The summed E-state index contributed by atoms with van der Waals surface area (Å²) in [7, 11) is 0. The Morgan fingerprint density at radius 1 is 1.00 bits per heavy atom. The Hall–Kier alpha value is -3.66. The van der Waals surface area contributed by atoms with Gasteiger partial charge in [0.25, 0.3) is 0 Å². The Bertz CT molecular complexity index is 1540. The largest absolute Gasteiger partial charge is 0.490 e. The smallest absolute Gasteiger partial charge is 0.336 e. The van der Waals surface area contributed by atoms with Crippen molar-refractivity contribution in [2.24, 2.45) is 0 Å². The van der Waals surface area contributed by atoms with Crippen molar-refractivity contribution in [3.63, 3.8) is 0 Å². The second-order valence-electron chi connectivity index (χ2n) is 9.16. The third-order valence-corrected chi connectivity index (χ3v) is 7.48. The van der Waals surface area contributed by atoms with Crippen LogP contribution in [-0.4, -0.2) is 25.0 Å². The Morgan fingerprint density at radius 2 is 1.77 bits per heavy atom. The third-order valence-electron chi connectivity index (χ3n) is 6.68. The van der Waals surface area contributed by atoms with Crippen molar-refractivity contribution in [2.75, 3.05) is 13.2 Å². The van der Waals surface area contributed by atoms with Crippen molar-refractivity contribution in [2.45, 2.75) is 33.3 Å². The van der Waals surface area contributed by atoms with E-state index in [-0.39, 0.29) is 24.8 Å². The summed E-state index contributed by atoms with van der Waals surface area (Å²) in [6.45, 7) is 6.17. The highest BCUT2D eigenvalue weighted by atomic mass is 127. The number of benzene rings is 3. The van der Waals surface area contributed by atoms with E-state index in [1.165, 1.54) is 12.1 Å². The van der Waals surface area contributed by atoms with Crippen molar-refractivity contribution < 1.29 is 28.2 Å². The van der Waals surface area contributed by atoms with Gasteiger partial charge in [0, 0.05) is 28.3 Å². The second kappa shape index (κ2) is 11.2. The van der Waals surface area contributed by atoms with E-state index in [9.17, 15) is 14.0 Å². The van der Waals surface area contributed by atoms with Crippen LogP contribution in [0.2, 0.25) is 0 Å². The highest BCUT2D eigenvalue weighted by Crippen LogP contribution is 2.48. The third kappa shape index (κ3) is 5.05. The topological polar surface area (TPSA) is 73.9 Å². The number of rotatable bonds is 8. The van der Waals surface area contributed by atoms with Crippen LogP contribution in [0.5, 0.6) is 11.5 Å². The maximum atomic E-state index is 13.7. The van der Waals surface area contributed by atoms with Gasteiger partial charge >= 0.3 is 5.97 Å². The highest BCUT2D eigenvalue weighted by molar-refractivity contribution is 14.1. The molecule has 3 aromatic carbocycles. The molecule has 0 amide bonds. The zero-order chi connectivity index (χ0) is 27.7. The van der Waals surface area contributed by atoms with Crippen LogP contribution in [-0.2, 0) is 16.1 Å². The molecular formula is C31H27FINO5. The second-order valence-corrected chi connectivity index (χ2v) is 10.3. The molecule has 0 aromatic heterocycles. The summed E-state index contributed by atoms with van der Waals surface area (Å²) in [6.07, 6.45) is 0. The minimum atomic E-state index is -0.676. The van der Waals surface area contributed by atoms with E-state index in [0.717, 1.165) is 9.13 Å². The molecule has 0 radical (unpaired) electrons. The fraction of sp³-hybridized carbons (Fsp3) is 0.226.